The zero-order chi connectivity index (χ0) is 13.3. The Kier molecular flexibility index (Phi) is 4.78. The highest BCUT2D eigenvalue weighted by Crippen LogP contribution is 2.58. The molecule has 0 radical (unpaired) electrons. The molecule has 0 amide bonds. The monoisotopic (exact) mass is 250 g/mol. The number of hydrogen-bond donors (Lipinski definition) is 0. The summed E-state index contributed by atoms with van der Waals surface area (Å²) in [6.45, 7) is 11.6. The molecule has 0 aromatic heterocycles. The van der Waals surface area contributed by atoms with E-state index in [4.69, 9.17) is 0 Å². The molecular formula is C18H34. The largest absolute Gasteiger partial charge is 0.0683 e. The van der Waals surface area contributed by atoms with Crippen LogP contribution in [0.25, 0.3) is 0 Å². The molecule has 0 saturated heterocycles. The lowest BCUT2D eigenvalue weighted by Crippen LogP contribution is -2.28. The molecule has 106 valence electrons. The summed E-state index contributed by atoms with van der Waals surface area (Å²) < 4.78 is 0. The second kappa shape index (κ2) is 5.97. The number of hydrogen-bond acceptors (Lipinski definition) is 0. The molecule has 3 aliphatic rings. The van der Waals surface area contributed by atoms with Crippen molar-refractivity contribution in [3.8, 4) is 0 Å². The number of rotatable bonds is 0. The molecule has 6 atom stereocenters. The molecule has 0 nitrogen and oxygen atoms in total. The van der Waals surface area contributed by atoms with Gasteiger partial charge in [-0.2, -0.15) is 0 Å². The van der Waals surface area contributed by atoms with Crippen molar-refractivity contribution >= 4 is 0 Å². The van der Waals surface area contributed by atoms with Crippen LogP contribution in [0, 0.1) is 41.4 Å². The van der Waals surface area contributed by atoms with Crippen molar-refractivity contribution in [2.24, 2.45) is 41.4 Å². The minimum Gasteiger partial charge on any atom is -0.0683 e. The highest BCUT2D eigenvalue weighted by atomic mass is 14.6. The van der Waals surface area contributed by atoms with Crippen LogP contribution < -0.4 is 0 Å². The van der Waals surface area contributed by atoms with Crippen molar-refractivity contribution in [2.75, 3.05) is 0 Å². The summed E-state index contributed by atoms with van der Waals surface area (Å²) >= 11 is 0. The van der Waals surface area contributed by atoms with Gasteiger partial charge in [0.25, 0.3) is 0 Å². The third kappa shape index (κ3) is 2.49. The Morgan fingerprint density at radius 2 is 0.944 bits per heavy atom. The van der Waals surface area contributed by atoms with Gasteiger partial charge in [-0.05, 0) is 67.1 Å². The molecule has 0 aromatic carbocycles. The normalized spacial score (nSPS) is 50.8. The van der Waals surface area contributed by atoms with Gasteiger partial charge in [0.2, 0.25) is 0 Å². The van der Waals surface area contributed by atoms with Crippen molar-refractivity contribution in [2.45, 2.75) is 73.1 Å². The molecular weight excluding hydrogens is 216 g/mol. The van der Waals surface area contributed by atoms with Gasteiger partial charge in [0.15, 0.2) is 0 Å². The van der Waals surface area contributed by atoms with E-state index in [9.17, 15) is 0 Å². The molecule has 0 aromatic rings. The zero-order valence-electron chi connectivity index (χ0n) is 13.3. The maximum absolute atomic E-state index is 2.58. The van der Waals surface area contributed by atoms with E-state index in [0.717, 1.165) is 41.4 Å². The Bertz CT molecular complexity index is 231. The SMILES string of the molecule is CC.CC1CCC2C(C)C3CCC(C)CC3C2C1. The predicted molar refractivity (Wildman–Crippen MR) is 80.5 cm³/mol. The second-order valence-electron chi connectivity index (χ2n) is 7.35. The van der Waals surface area contributed by atoms with E-state index in [2.05, 4.69) is 20.8 Å². The third-order valence-electron chi connectivity index (χ3n) is 6.34. The van der Waals surface area contributed by atoms with Gasteiger partial charge in [-0.15, -0.1) is 0 Å². The third-order valence-corrected chi connectivity index (χ3v) is 6.34. The average molecular weight is 250 g/mol. The molecule has 3 aliphatic carbocycles. The summed E-state index contributed by atoms with van der Waals surface area (Å²) in [5.74, 6) is 7.54. The fourth-order valence-corrected chi connectivity index (χ4v) is 5.50. The first kappa shape index (κ1) is 14.4. The van der Waals surface area contributed by atoms with Crippen LogP contribution in [0.5, 0.6) is 0 Å². The van der Waals surface area contributed by atoms with Crippen LogP contribution in [-0.2, 0) is 0 Å². The lowest BCUT2D eigenvalue weighted by molar-refractivity contribution is 0.133. The van der Waals surface area contributed by atoms with Gasteiger partial charge in [-0.1, -0.05) is 47.5 Å². The maximum Gasteiger partial charge on any atom is -0.0349 e. The van der Waals surface area contributed by atoms with Gasteiger partial charge in [0.05, 0.1) is 0 Å². The molecule has 0 N–H and O–H groups in total. The van der Waals surface area contributed by atoms with Crippen LogP contribution >= 0.6 is 0 Å². The van der Waals surface area contributed by atoms with Gasteiger partial charge in [-0.25, -0.2) is 0 Å². The van der Waals surface area contributed by atoms with Crippen LogP contribution in [0.3, 0.4) is 0 Å². The van der Waals surface area contributed by atoms with Gasteiger partial charge in [0, 0.05) is 0 Å². The topological polar surface area (TPSA) is 0 Å². The van der Waals surface area contributed by atoms with E-state index in [-0.39, 0.29) is 0 Å². The van der Waals surface area contributed by atoms with Gasteiger partial charge >= 0.3 is 0 Å². The molecule has 3 fully saturated rings. The average Bonchev–Trinajstić information content (AvgIpc) is 2.65. The molecule has 0 spiro atoms. The molecule has 6 unspecified atom stereocenters. The van der Waals surface area contributed by atoms with E-state index in [0.29, 0.717) is 0 Å². The van der Waals surface area contributed by atoms with Crippen molar-refractivity contribution in [3.63, 3.8) is 0 Å². The Balaban J connectivity index is 0.000000574. The van der Waals surface area contributed by atoms with Gasteiger partial charge in [0.1, 0.15) is 0 Å². The Labute approximate surface area is 115 Å². The highest BCUT2D eigenvalue weighted by Gasteiger charge is 2.50. The lowest BCUT2D eigenvalue weighted by atomic mass is 9.69. The summed E-state index contributed by atoms with van der Waals surface area (Å²) in [6.07, 6.45) is 9.25. The number of fused-ring (bicyclic) bond motifs is 3. The van der Waals surface area contributed by atoms with Crippen molar-refractivity contribution in [1.82, 2.24) is 0 Å². The molecule has 18 heavy (non-hydrogen) atoms. The van der Waals surface area contributed by atoms with E-state index >= 15 is 0 Å². The molecule has 0 aliphatic heterocycles. The van der Waals surface area contributed by atoms with Crippen molar-refractivity contribution in [3.05, 3.63) is 0 Å². The quantitative estimate of drug-likeness (QED) is 0.512. The summed E-state index contributed by atoms with van der Waals surface area (Å²) in [5, 5.41) is 0. The first-order valence-corrected chi connectivity index (χ1v) is 8.66. The Morgan fingerprint density at radius 1 is 0.556 bits per heavy atom. The zero-order valence-corrected chi connectivity index (χ0v) is 13.3. The van der Waals surface area contributed by atoms with Crippen LogP contribution in [-0.4, -0.2) is 0 Å². The molecule has 3 rings (SSSR count). The molecule has 0 heterocycles. The first-order valence-electron chi connectivity index (χ1n) is 8.66. The Hall–Kier alpha value is 0. The lowest BCUT2D eigenvalue weighted by Gasteiger charge is -2.37. The van der Waals surface area contributed by atoms with Crippen molar-refractivity contribution < 1.29 is 0 Å². The van der Waals surface area contributed by atoms with Crippen LogP contribution in [0.1, 0.15) is 73.1 Å². The molecule has 0 heteroatoms. The summed E-state index contributed by atoms with van der Waals surface area (Å²) in [6, 6.07) is 0. The summed E-state index contributed by atoms with van der Waals surface area (Å²) in [5.41, 5.74) is 0. The van der Waals surface area contributed by atoms with E-state index in [1.54, 1.807) is 25.7 Å². The second-order valence-corrected chi connectivity index (χ2v) is 7.35. The van der Waals surface area contributed by atoms with Gasteiger partial charge < -0.3 is 0 Å². The fraction of sp³-hybridized carbons (Fsp3) is 1.00. The Morgan fingerprint density at radius 3 is 1.33 bits per heavy atom. The van der Waals surface area contributed by atoms with Crippen LogP contribution in [0.2, 0.25) is 0 Å². The standard InChI is InChI=1S/C16H28.C2H6/c1-10-4-6-13-12(3)14-7-5-11(2)9-16(14)15(13)8-10;1-2/h10-16H,4-9H2,1-3H3;1-2H3. The summed E-state index contributed by atoms with van der Waals surface area (Å²) in [4.78, 5) is 0. The predicted octanol–water partition coefficient (Wildman–Crippen LogP) is 5.77. The van der Waals surface area contributed by atoms with Crippen LogP contribution in [0.15, 0.2) is 0 Å². The molecule has 3 saturated carbocycles. The molecule has 0 bridgehead atoms. The summed E-state index contributed by atoms with van der Waals surface area (Å²) in [7, 11) is 0. The maximum atomic E-state index is 2.58. The van der Waals surface area contributed by atoms with E-state index < -0.39 is 0 Å². The fourth-order valence-electron chi connectivity index (χ4n) is 5.50. The first-order chi connectivity index (χ1) is 8.66. The van der Waals surface area contributed by atoms with E-state index in [1.165, 1.54) is 12.8 Å². The smallest absolute Gasteiger partial charge is 0.0349 e. The van der Waals surface area contributed by atoms with Gasteiger partial charge in [-0.3, -0.25) is 0 Å². The van der Waals surface area contributed by atoms with Crippen molar-refractivity contribution in [1.29, 1.82) is 0 Å². The van der Waals surface area contributed by atoms with Crippen LogP contribution in [0.4, 0.5) is 0 Å². The minimum atomic E-state index is 1.02. The van der Waals surface area contributed by atoms with E-state index in [1.807, 2.05) is 13.8 Å². The minimum absolute atomic E-state index is 1.02. The highest BCUT2D eigenvalue weighted by molar-refractivity contribution is 4.99.